The number of benzene rings is 1. The summed E-state index contributed by atoms with van der Waals surface area (Å²) in [5.74, 6) is -1.98. The van der Waals surface area contributed by atoms with E-state index >= 15 is 0 Å². The molecule has 7 heteroatoms. The van der Waals surface area contributed by atoms with Crippen LogP contribution in [0.1, 0.15) is 17.2 Å². The van der Waals surface area contributed by atoms with Crippen LogP contribution in [0.25, 0.3) is 0 Å². The van der Waals surface area contributed by atoms with Gasteiger partial charge in [0.05, 0.1) is 18.4 Å². The number of hydrogen-bond acceptors (Lipinski definition) is 3. The number of carbonyl (C=O) groups is 1. The molecule has 0 fully saturated rings. The van der Waals surface area contributed by atoms with Gasteiger partial charge in [0.15, 0.2) is 0 Å². The first-order valence-electron chi connectivity index (χ1n) is 6.01. The van der Waals surface area contributed by atoms with Gasteiger partial charge in [0, 0.05) is 30.4 Å². The first-order valence-corrected chi connectivity index (χ1v) is 6.01. The number of rotatable bonds is 2. The third-order valence-electron chi connectivity index (χ3n) is 3.31. The number of hydrogen-bond donors (Lipinski definition) is 1. The number of fused-ring (bicyclic) bond motifs is 1. The van der Waals surface area contributed by atoms with Crippen molar-refractivity contribution in [3.63, 3.8) is 0 Å². The zero-order chi connectivity index (χ0) is 14.4. The average Bonchev–Trinajstić information content (AvgIpc) is 2.87. The Morgan fingerprint density at radius 2 is 2.15 bits per heavy atom. The van der Waals surface area contributed by atoms with E-state index in [2.05, 4.69) is 5.10 Å². The molecule has 0 saturated carbocycles. The largest absolute Gasteiger partial charge is 0.316 e. The minimum Gasteiger partial charge on any atom is -0.316 e. The second-order valence-corrected chi connectivity index (χ2v) is 4.74. The van der Waals surface area contributed by atoms with Crippen LogP contribution in [0.4, 0.5) is 14.5 Å². The molecule has 2 heterocycles. The second-order valence-electron chi connectivity index (χ2n) is 4.74. The highest BCUT2D eigenvalue weighted by Gasteiger charge is 2.37. The fraction of sp³-hybridized carbons (Fsp3) is 0.231. The maximum atomic E-state index is 13.8. The van der Waals surface area contributed by atoms with Crippen LogP contribution in [0.15, 0.2) is 24.5 Å². The number of carbonyl (C=O) groups excluding carboxylic acids is 1. The van der Waals surface area contributed by atoms with Crippen LogP contribution in [-0.2, 0) is 18.4 Å². The fourth-order valence-corrected chi connectivity index (χ4v) is 2.41. The van der Waals surface area contributed by atoms with Gasteiger partial charge in [0.2, 0.25) is 5.91 Å². The topological polar surface area (TPSA) is 64.2 Å². The molecular weight excluding hydrogens is 266 g/mol. The van der Waals surface area contributed by atoms with Crippen LogP contribution >= 0.6 is 0 Å². The maximum absolute atomic E-state index is 13.8. The maximum Gasteiger partial charge on any atom is 0.249 e. The van der Waals surface area contributed by atoms with Crippen molar-refractivity contribution in [2.45, 2.75) is 12.6 Å². The first-order chi connectivity index (χ1) is 9.47. The summed E-state index contributed by atoms with van der Waals surface area (Å²) in [7, 11) is 1.74. The summed E-state index contributed by atoms with van der Waals surface area (Å²) in [6, 6.07) is 0.765. The molecule has 1 atom stereocenters. The minimum absolute atomic E-state index is 0.0419. The van der Waals surface area contributed by atoms with Crippen molar-refractivity contribution < 1.29 is 13.6 Å². The van der Waals surface area contributed by atoms with Crippen molar-refractivity contribution in [1.82, 2.24) is 9.78 Å². The summed E-state index contributed by atoms with van der Waals surface area (Å²) < 4.78 is 28.7. The molecule has 1 aliphatic heterocycles. The van der Waals surface area contributed by atoms with Crippen LogP contribution in [-0.4, -0.2) is 15.7 Å². The van der Waals surface area contributed by atoms with E-state index in [0.717, 1.165) is 17.7 Å². The third-order valence-corrected chi connectivity index (χ3v) is 3.31. The molecule has 0 radical (unpaired) electrons. The molecule has 1 aliphatic rings. The van der Waals surface area contributed by atoms with E-state index in [1.807, 2.05) is 0 Å². The number of nitrogens with two attached hydrogens (primary N) is 1. The zero-order valence-electron chi connectivity index (χ0n) is 10.7. The highest BCUT2D eigenvalue weighted by molar-refractivity contribution is 6.04. The van der Waals surface area contributed by atoms with Gasteiger partial charge in [-0.25, -0.2) is 8.78 Å². The van der Waals surface area contributed by atoms with Gasteiger partial charge >= 0.3 is 0 Å². The number of nitrogens with zero attached hydrogens (tertiary/aromatic N) is 3. The third kappa shape index (κ3) is 1.87. The van der Waals surface area contributed by atoms with Gasteiger partial charge in [-0.15, -0.1) is 0 Å². The molecule has 2 N–H and O–H groups in total. The lowest BCUT2D eigenvalue weighted by molar-refractivity contribution is -0.119. The smallest absolute Gasteiger partial charge is 0.249 e. The summed E-state index contributed by atoms with van der Waals surface area (Å²) in [5.41, 5.74) is 6.70. The number of amides is 1. The van der Waals surface area contributed by atoms with Crippen molar-refractivity contribution in [1.29, 1.82) is 0 Å². The van der Waals surface area contributed by atoms with Crippen LogP contribution < -0.4 is 10.6 Å². The van der Waals surface area contributed by atoms with E-state index in [1.54, 1.807) is 24.1 Å². The molecule has 0 saturated heterocycles. The van der Waals surface area contributed by atoms with E-state index in [1.165, 1.54) is 4.90 Å². The van der Waals surface area contributed by atoms with E-state index in [0.29, 0.717) is 0 Å². The van der Waals surface area contributed by atoms with Crippen molar-refractivity contribution in [2.24, 2.45) is 12.8 Å². The Kier molecular flexibility index (Phi) is 2.79. The highest BCUT2D eigenvalue weighted by Crippen LogP contribution is 2.37. The summed E-state index contributed by atoms with van der Waals surface area (Å²) in [5, 5.41) is 3.99. The molecule has 2 aromatic rings. The number of aromatic nitrogens is 2. The SMILES string of the molecule is Cn1cc(CN2C(=O)C(N)c3c(F)cc(F)cc32)cn1. The molecular formula is C13H12F2N4O. The average molecular weight is 278 g/mol. The quantitative estimate of drug-likeness (QED) is 0.899. The Morgan fingerprint density at radius 3 is 2.80 bits per heavy atom. The number of anilines is 1. The van der Waals surface area contributed by atoms with Gasteiger partial charge in [-0.05, 0) is 6.07 Å². The molecule has 5 nitrogen and oxygen atoms in total. The monoisotopic (exact) mass is 278 g/mol. The molecule has 1 unspecified atom stereocenters. The van der Waals surface area contributed by atoms with Crippen molar-refractivity contribution >= 4 is 11.6 Å². The molecule has 104 valence electrons. The zero-order valence-corrected chi connectivity index (χ0v) is 10.7. The fourth-order valence-electron chi connectivity index (χ4n) is 2.41. The minimum atomic E-state index is -1.10. The van der Waals surface area contributed by atoms with Gasteiger partial charge in [0.25, 0.3) is 0 Å². The summed E-state index contributed by atoms with van der Waals surface area (Å²) in [4.78, 5) is 13.4. The summed E-state index contributed by atoms with van der Waals surface area (Å²) in [6.45, 7) is 0.177. The number of halogens is 2. The van der Waals surface area contributed by atoms with E-state index in [-0.39, 0.29) is 17.8 Å². The molecule has 0 aliphatic carbocycles. The molecule has 1 aromatic heterocycles. The Hall–Kier alpha value is -2.28. The lowest BCUT2D eigenvalue weighted by atomic mass is 10.1. The van der Waals surface area contributed by atoms with Gasteiger partial charge < -0.3 is 10.6 Å². The van der Waals surface area contributed by atoms with Crippen molar-refractivity contribution in [3.8, 4) is 0 Å². The van der Waals surface area contributed by atoms with Gasteiger partial charge in [-0.1, -0.05) is 0 Å². The summed E-state index contributed by atoms with van der Waals surface area (Å²) >= 11 is 0. The van der Waals surface area contributed by atoms with E-state index in [4.69, 9.17) is 5.73 Å². The predicted molar refractivity (Wildman–Crippen MR) is 67.7 cm³/mol. The molecule has 0 spiro atoms. The van der Waals surface area contributed by atoms with Crippen LogP contribution in [0.2, 0.25) is 0 Å². The Balaban J connectivity index is 2.03. The van der Waals surface area contributed by atoms with Gasteiger partial charge in [-0.3, -0.25) is 9.48 Å². The van der Waals surface area contributed by atoms with Gasteiger partial charge in [-0.2, -0.15) is 5.10 Å². The van der Waals surface area contributed by atoms with Crippen LogP contribution in [0.3, 0.4) is 0 Å². The van der Waals surface area contributed by atoms with Crippen molar-refractivity contribution in [3.05, 3.63) is 47.3 Å². The van der Waals surface area contributed by atoms with Crippen LogP contribution in [0, 0.1) is 11.6 Å². The molecule has 1 aromatic carbocycles. The molecule has 1 amide bonds. The normalized spacial score (nSPS) is 17.7. The van der Waals surface area contributed by atoms with E-state index in [9.17, 15) is 13.6 Å². The second kappa shape index (κ2) is 4.38. The highest BCUT2D eigenvalue weighted by atomic mass is 19.1. The Bertz CT molecular complexity index is 698. The number of aryl methyl sites for hydroxylation is 1. The molecule has 3 rings (SSSR count). The molecule has 0 bridgehead atoms. The van der Waals surface area contributed by atoms with Crippen LogP contribution in [0.5, 0.6) is 0 Å². The lowest BCUT2D eigenvalue weighted by Gasteiger charge is -2.16. The Morgan fingerprint density at radius 1 is 1.40 bits per heavy atom. The lowest BCUT2D eigenvalue weighted by Crippen LogP contribution is -2.31. The van der Waals surface area contributed by atoms with Crippen molar-refractivity contribution in [2.75, 3.05) is 4.90 Å². The first kappa shape index (κ1) is 12.7. The molecule has 20 heavy (non-hydrogen) atoms. The van der Waals surface area contributed by atoms with E-state index < -0.39 is 23.6 Å². The Labute approximate surface area is 113 Å². The summed E-state index contributed by atoms with van der Waals surface area (Å²) in [6.07, 6.45) is 3.32. The van der Waals surface area contributed by atoms with Gasteiger partial charge in [0.1, 0.15) is 17.7 Å². The standard InChI is InChI=1S/C13H12F2N4O/c1-18-5-7(4-17-18)6-19-10-3-8(14)2-9(15)11(10)12(16)13(19)20/h2-5,12H,6,16H2,1H3. The predicted octanol–water partition coefficient (Wildman–Crippen LogP) is 1.24.